The minimum absolute atomic E-state index is 0.101. The summed E-state index contributed by atoms with van der Waals surface area (Å²) in [7, 11) is 0. The Bertz CT molecular complexity index is 1160. The zero-order valence-corrected chi connectivity index (χ0v) is 19.1. The van der Waals surface area contributed by atoms with E-state index >= 15 is 0 Å². The first-order valence-electron chi connectivity index (χ1n) is 11.5. The third kappa shape index (κ3) is 3.58. The maximum absolute atomic E-state index is 13.8. The van der Waals surface area contributed by atoms with E-state index in [1.54, 1.807) is 17.0 Å². The Labute approximate surface area is 193 Å². The topological polar surface area (TPSA) is 54.3 Å². The summed E-state index contributed by atoms with van der Waals surface area (Å²) >= 11 is 6.11. The SMILES string of the molecule is C[C@@]1(C(=O)NC2CCCCCC2)Cn2c(cc3ccccc32)C(=O)N1c1ccc(Cl)cc1. The molecule has 32 heavy (non-hydrogen) atoms. The number of nitrogens with one attached hydrogen (secondary N) is 1. The summed E-state index contributed by atoms with van der Waals surface area (Å²) in [5, 5.41) is 4.89. The largest absolute Gasteiger partial charge is 0.351 e. The summed E-state index contributed by atoms with van der Waals surface area (Å²) in [6.45, 7) is 2.27. The number of para-hydroxylation sites is 1. The molecule has 1 N–H and O–H groups in total. The Kier molecular flexibility index (Phi) is 5.46. The number of nitrogens with zero attached hydrogens (tertiary/aromatic N) is 2. The fourth-order valence-corrected chi connectivity index (χ4v) is 5.33. The lowest BCUT2D eigenvalue weighted by Crippen LogP contribution is -2.65. The van der Waals surface area contributed by atoms with E-state index in [9.17, 15) is 9.59 Å². The van der Waals surface area contributed by atoms with Gasteiger partial charge >= 0.3 is 0 Å². The van der Waals surface area contributed by atoms with Crippen LogP contribution in [0.1, 0.15) is 55.9 Å². The fraction of sp³-hybridized carbons (Fsp3) is 0.385. The van der Waals surface area contributed by atoms with Crippen molar-refractivity contribution in [3.63, 3.8) is 0 Å². The van der Waals surface area contributed by atoms with Crippen molar-refractivity contribution < 1.29 is 9.59 Å². The molecule has 6 heteroatoms. The van der Waals surface area contributed by atoms with Crippen LogP contribution < -0.4 is 10.2 Å². The molecule has 2 heterocycles. The number of hydrogen-bond acceptors (Lipinski definition) is 2. The van der Waals surface area contributed by atoms with Crippen LogP contribution in [0.3, 0.4) is 0 Å². The van der Waals surface area contributed by atoms with Crippen molar-refractivity contribution in [2.75, 3.05) is 4.90 Å². The molecule has 2 aliphatic rings. The maximum atomic E-state index is 13.8. The highest BCUT2D eigenvalue weighted by Gasteiger charge is 2.49. The van der Waals surface area contributed by atoms with Gasteiger partial charge in [-0.2, -0.15) is 0 Å². The van der Waals surface area contributed by atoms with E-state index in [2.05, 4.69) is 5.32 Å². The van der Waals surface area contributed by atoms with E-state index in [-0.39, 0.29) is 17.9 Å². The van der Waals surface area contributed by atoms with Gasteiger partial charge in [0.1, 0.15) is 11.2 Å². The Morgan fingerprint density at radius 1 is 1.03 bits per heavy atom. The average Bonchev–Trinajstić information content (AvgIpc) is 2.96. The highest BCUT2D eigenvalue weighted by molar-refractivity contribution is 6.30. The quantitative estimate of drug-likeness (QED) is 0.533. The van der Waals surface area contributed by atoms with E-state index < -0.39 is 5.54 Å². The second-order valence-electron chi connectivity index (χ2n) is 9.23. The fourth-order valence-electron chi connectivity index (χ4n) is 5.21. The van der Waals surface area contributed by atoms with Gasteiger partial charge in [-0.25, -0.2) is 0 Å². The normalized spacial score (nSPS) is 21.9. The molecule has 5 rings (SSSR count). The van der Waals surface area contributed by atoms with Gasteiger partial charge in [0.15, 0.2) is 0 Å². The smallest absolute Gasteiger partial charge is 0.275 e. The van der Waals surface area contributed by atoms with Gasteiger partial charge in [0.25, 0.3) is 5.91 Å². The summed E-state index contributed by atoms with van der Waals surface area (Å²) in [4.78, 5) is 29.3. The van der Waals surface area contributed by atoms with Crippen LogP contribution in [0.25, 0.3) is 10.9 Å². The number of aromatic nitrogens is 1. The van der Waals surface area contributed by atoms with Gasteiger partial charge in [-0.05, 0) is 56.2 Å². The summed E-state index contributed by atoms with van der Waals surface area (Å²) < 4.78 is 2.00. The lowest BCUT2D eigenvalue weighted by molar-refractivity contribution is -0.127. The van der Waals surface area contributed by atoms with Crippen LogP contribution in [-0.4, -0.2) is 28.0 Å². The van der Waals surface area contributed by atoms with Crippen LogP contribution in [0, 0.1) is 0 Å². The molecule has 0 saturated heterocycles. The molecule has 2 amide bonds. The molecular weight excluding hydrogens is 422 g/mol. The van der Waals surface area contributed by atoms with Crippen LogP contribution in [0.2, 0.25) is 5.02 Å². The molecule has 0 unspecified atom stereocenters. The summed E-state index contributed by atoms with van der Waals surface area (Å²) in [5.74, 6) is -0.274. The number of halogens is 1. The van der Waals surface area contributed by atoms with Gasteiger partial charge < -0.3 is 9.88 Å². The van der Waals surface area contributed by atoms with Crippen molar-refractivity contribution in [1.29, 1.82) is 0 Å². The number of anilines is 1. The monoisotopic (exact) mass is 449 g/mol. The van der Waals surface area contributed by atoms with Crippen LogP contribution in [-0.2, 0) is 11.3 Å². The molecule has 1 saturated carbocycles. The van der Waals surface area contributed by atoms with Crippen LogP contribution >= 0.6 is 11.6 Å². The zero-order chi connectivity index (χ0) is 22.3. The van der Waals surface area contributed by atoms with Gasteiger partial charge in [0, 0.05) is 27.7 Å². The molecule has 0 spiro atoms. The molecule has 0 radical (unpaired) electrons. The highest BCUT2D eigenvalue weighted by atomic mass is 35.5. The number of benzene rings is 2. The molecule has 1 aliphatic carbocycles. The summed E-state index contributed by atoms with van der Waals surface area (Å²) in [6.07, 6.45) is 6.69. The number of carbonyl (C=O) groups is 2. The molecule has 1 aromatic heterocycles. The summed E-state index contributed by atoms with van der Waals surface area (Å²) in [6, 6.07) is 17.2. The van der Waals surface area contributed by atoms with Gasteiger partial charge in [0.2, 0.25) is 5.91 Å². The number of fused-ring (bicyclic) bond motifs is 3. The molecule has 1 fully saturated rings. The maximum Gasteiger partial charge on any atom is 0.275 e. The predicted molar refractivity (Wildman–Crippen MR) is 128 cm³/mol. The number of amides is 2. The Hall–Kier alpha value is -2.79. The van der Waals surface area contributed by atoms with Gasteiger partial charge in [-0.15, -0.1) is 0 Å². The van der Waals surface area contributed by atoms with Gasteiger partial charge in [0.05, 0.1) is 6.54 Å². The van der Waals surface area contributed by atoms with Crippen molar-refractivity contribution in [3.8, 4) is 0 Å². The second kappa shape index (κ2) is 8.28. The second-order valence-corrected chi connectivity index (χ2v) is 9.66. The zero-order valence-electron chi connectivity index (χ0n) is 18.3. The Balaban J connectivity index is 1.59. The first kappa shape index (κ1) is 21.1. The molecule has 1 atom stereocenters. The third-order valence-electron chi connectivity index (χ3n) is 6.96. The third-order valence-corrected chi connectivity index (χ3v) is 7.21. The molecule has 1 aliphatic heterocycles. The van der Waals surface area contributed by atoms with Crippen molar-refractivity contribution in [2.45, 2.75) is 63.6 Å². The van der Waals surface area contributed by atoms with E-state index in [0.717, 1.165) is 36.6 Å². The van der Waals surface area contributed by atoms with Crippen molar-refractivity contribution in [2.24, 2.45) is 0 Å². The van der Waals surface area contributed by atoms with E-state index in [1.807, 2.05) is 54.0 Å². The summed E-state index contributed by atoms with van der Waals surface area (Å²) in [5.41, 5.74) is 1.18. The van der Waals surface area contributed by atoms with Crippen molar-refractivity contribution in [3.05, 3.63) is 65.3 Å². The lowest BCUT2D eigenvalue weighted by Gasteiger charge is -2.44. The molecule has 166 valence electrons. The Morgan fingerprint density at radius 3 is 2.44 bits per heavy atom. The van der Waals surface area contributed by atoms with Gasteiger partial charge in [-0.3, -0.25) is 14.5 Å². The van der Waals surface area contributed by atoms with Crippen molar-refractivity contribution in [1.82, 2.24) is 9.88 Å². The van der Waals surface area contributed by atoms with E-state index in [1.165, 1.54) is 12.8 Å². The molecule has 5 nitrogen and oxygen atoms in total. The number of carbonyl (C=O) groups excluding carboxylic acids is 2. The molecule has 3 aromatic rings. The lowest BCUT2D eigenvalue weighted by atomic mass is 9.92. The highest BCUT2D eigenvalue weighted by Crippen LogP contribution is 2.36. The number of hydrogen-bond donors (Lipinski definition) is 1. The van der Waals surface area contributed by atoms with E-state index in [4.69, 9.17) is 11.6 Å². The first-order chi connectivity index (χ1) is 15.5. The van der Waals surface area contributed by atoms with Gasteiger partial charge in [-0.1, -0.05) is 55.5 Å². The minimum atomic E-state index is -1.06. The molecule has 2 aromatic carbocycles. The molecule has 0 bridgehead atoms. The van der Waals surface area contributed by atoms with Crippen LogP contribution in [0.15, 0.2) is 54.6 Å². The Morgan fingerprint density at radius 2 is 1.72 bits per heavy atom. The van der Waals surface area contributed by atoms with E-state index in [0.29, 0.717) is 22.9 Å². The first-order valence-corrected chi connectivity index (χ1v) is 11.8. The minimum Gasteiger partial charge on any atom is -0.351 e. The number of rotatable bonds is 3. The standard InChI is InChI=1S/C26H28ClN3O2/c1-26(25(32)28-20-9-4-2-3-5-10-20)17-29-22-11-7-6-8-18(22)16-23(29)24(31)30(26)21-14-12-19(27)13-15-21/h6-8,11-16,20H,2-5,9-10,17H2,1H3,(H,28,32)/t26-/m0/s1. The van der Waals surface area contributed by atoms with Crippen molar-refractivity contribution >= 4 is 40.0 Å². The van der Waals surface area contributed by atoms with Crippen LogP contribution in [0.5, 0.6) is 0 Å². The van der Waals surface area contributed by atoms with Crippen LogP contribution in [0.4, 0.5) is 5.69 Å². The average molecular weight is 450 g/mol. The molecular formula is C26H28ClN3O2. The predicted octanol–water partition coefficient (Wildman–Crippen LogP) is 5.55.